The summed E-state index contributed by atoms with van der Waals surface area (Å²) >= 11 is 0. The largest absolute Gasteiger partial charge is 0.386 e. The van der Waals surface area contributed by atoms with Gasteiger partial charge in [0.05, 0.1) is 18.3 Å². The molecule has 2 aliphatic heterocycles. The van der Waals surface area contributed by atoms with Crippen LogP contribution in [0, 0.1) is 23.7 Å². The van der Waals surface area contributed by atoms with Crippen molar-refractivity contribution in [1.29, 1.82) is 0 Å². The molecule has 11 heteroatoms. The molecule has 7 rings (SSSR count). The van der Waals surface area contributed by atoms with Crippen LogP contribution in [-0.4, -0.2) is 67.4 Å². The SMILES string of the molecule is CC1CC1C1CC1C1(O)CCN(c2nccc(Nc3cc4c(cn3)nc(COC3CCCCO3)n4C(C)C)n2)CC1F. The summed E-state index contributed by atoms with van der Waals surface area (Å²) in [6, 6.07) is 3.92. The first-order chi connectivity index (χ1) is 20.3. The van der Waals surface area contributed by atoms with Gasteiger partial charge in [-0.15, -0.1) is 0 Å². The second-order valence-corrected chi connectivity index (χ2v) is 13.1. The molecule has 0 bridgehead atoms. The fourth-order valence-electron chi connectivity index (χ4n) is 7.23. The number of ether oxygens (including phenoxy) is 2. The molecule has 42 heavy (non-hydrogen) atoms. The average molecular weight is 580 g/mol. The second kappa shape index (κ2) is 11.0. The number of aromatic nitrogens is 5. The van der Waals surface area contributed by atoms with Crippen molar-refractivity contribution >= 4 is 28.6 Å². The summed E-state index contributed by atoms with van der Waals surface area (Å²) in [4.78, 5) is 20.3. The van der Waals surface area contributed by atoms with Crippen molar-refractivity contribution in [3.8, 4) is 0 Å². The maximum Gasteiger partial charge on any atom is 0.227 e. The van der Waals surface area contributed by atoms with Crippen molar-refractivity contribution in [3.05, 3.63) is 30.4 Å². The van der Waals surface area contributed by atoms with Crippen molar-refractivity contribution in [2.75, 3.05) is 29.9 Å². The average Bonchev–Trinajstić information content (AvgIpc) is 3.90. The Kier molecular flexibility index (Phi) is 7.30. The molecule has 2 N–H and O–H groups in total. The highest BCUT2D eigenvalue weighted by atomic mass is 19.1. The highest BCUT2D eigenvalue weighted by Crippen LogP contribution is 2.62. The van der Waals surface area contributed by atoms with Gasteiger partial charge in [-0.1, -0.05) is 6.92 Å². The molecular formula is C31H42FN7O3. The van der Waals surface area contributed by atoms with Gasteiger partial charge < -0.3 is 29.4 Å². The summed E-state index contributed by atoms with van der Waals surface area (Å²) in [5, 5.41) is 14.6. The van der Waals surface area contributed by atoms with Gasteiger partial charge in [-0.2, -0.15) is 4.98 Å². The summed E-state index contributed by atoms with van der Waals surface area (Å²) in [6.07, 6.45) is 7.60. The molecule has 7 atom stereocenters. The van der Waals surface area contributed by atoms with Crippen molar-refractivity contribution in [2.45, 2.75) is 90.0 Å². The number of piperidine rings is 1. The minimum absolute atomic E-state index is 0.0893. The van der Waals surface area contributed by atoms with Crippen molar-refractivity contribution in [3.63, 3.8) is 0 Å². The number of fused-ring (bicyclic) bond motifs is 1. The van der Waals surface area contributed by atoms with Crippen molar-refractivity contribution in [2.24, 2.45) is 23.7 Å². The molecule has 0 amide bonds. The zero-order chi connectivity index (χ0) is 29.0. The minimum atomic E-state index is -1.32. The summed E-state index contributed by atoms with van der Waals surface area (Å²) in [5.41, 5.74) is 0.518. The molecule has 0 aromatic carbocycles. The lowest BCUT2D eigenvalue weighted by atomic mass is 9.83. The van der Waals surface area contributed by atoms with Crippen LogP contribution >= 0.6 is 0 Å². The van der Waals surface area contributed by atoms with Crippen LogP contribution in [-0.2, 0) is 16.1 Å². The Morgan fingerprint density at radius 2 is 2.05 bits per heavy atom. The smallest absolute Gasteiger partial charge is 0.227 e. The van der Waals surface area contributed by atoms with Gasteiger partial charge in [-0.3, -0.25) is 0 Å². The minimum Gasteiger partial charge on any atom is -0.386 e. The fourth-order valence-corrected chi connectivity index (χ4v) is 7.23. The first kappa shape index (κ1) is 27.9. The summed E-state index contributed by atoms with van der Waals surface area (Å²) in [7, 11) is 0. The van der Waals surface area contributed by atoms with E-state index < -0.39 is 11.8 Å². The molecule has 0 spiro atoms. The van der Waals surface area contributed by atoms with E-state index in [1.165, 1.54) is 6.42 Å². The number of aliphatic hydroxyl groups is 1. The van der Waals surface area contributed by atoms with Crippen LogP contribution in [0.4, 0.5) is 22.0 Å². The first-order valence-electron chi connectivity index (χ1n) is 15.6. The number of nitrogens with zero attached hydrogens (tertiary/aromatic N) is 6. The monoisotopic (exact) mass is 579 g/mol. The lowest BCUT2D eigenvalue weighted by molar-refractivity contribution is -0.170. The van der Waals surface area contributed by atoms with E-state index in [9.17, 15) is 5.11 Å². The third kappa shape index (κ3) is 5.35. The van der Waals surface area contributed by atoms with E-state index >= 15 is 4.39 Å². The van der Waals surface area contributed by atoms with E-state index in [2.05, 4.69) is 45.6 Å². The molecule has 2 aliphatic carbocycles. The topological polar surface area (TPSA) is 110 Å². The Hall–Kier alpha value is -2.89. The number of rotatable bonds is 9. The lowest BCUT2D eigenvalue weighted by Gasteiger charge is -2.41. The van der Waals surface area contributed by atoms with Crippen LogP contribution in [0.1, 0.15) is 71.2 Å². The highest BCUT2D eigenvalue weighted by Gasteiger charge is 2.62. The normalized spacial score (nSPS) is 32.9. The number of imidazole rings is 1. The number of hydrogen-bond donors (Lipinski definition) is 2. The molecule has 2 saturated heterocycles. The first-order valence-corrected chi connectivity index (χ1v) is 15.6. The zero-order valence-electron chi connectivity index (χ0n) is 24.7. The molecule has 2 saturated carbocycles. The summed E-state index contributed by atoms with van der Waals surface area (Å²) < 4.78 is 29.4. The van der Waals surface area contributed by atoms with Gasteiger partial charge in [0.1, 0.15) is 41.4 Å². The molecule has 226 valence electrons. The van der Waals surface area contributed by atoms with E-state index in [-0.39, 0.29) is 24.8 Å². The van der Waals surface area contributed by atoms with Crippen LogP contribution in [0.2, 0.25) is 0 Å². The number of halogens is 1. The Bertz CT molecular complexity index is 1430. The molecule has 0 radical (unpaired) electrons. The standard InChI is InChI=1S/C31H42FN7O3/c1-18(2)39-24-14-27(34-15-23(24)35-28(39)17-42-29-6-4-5-11-41-29)36-26-7-9-33-30(37-26)38-10-8-31(40,25(32)16-38)22-13-21(22)20-12-19(20)3/h7,9,14-15,18-22,25,29,40H,4-6,8,10-13,16-17H2,1-3H3,(H,33,34,36,37). The maximum absolute atomic E-state index is 15.5. The van der Waals surface area contributed by atoms with E-state index in [4.69, 9.17) is 14.5 Å². The number of nitrogens with one attached hydrogen (secondary N) is 1. The molecule has 4 fully saturated rings. The van der Waals surface area contributed by atoms with Gasteiger partial charge in [-0.05, 0) is 82.1 Å². The molecule has 10 nitrogen and oxygen atoms in total. The Labute approximate surface area is 246 Å². The number of alkyl halides is 1. The van der Waals surface area contributed by atoms with Gasteiger partial charge in [0, 0.05) is 31.5 Å². The van der Waals surface area contributed by atoms with Crippen molar-refractivity contribution in [1.82, 2.24) is 24.5 Å². The predicted octanol–water partition coefficient (Wildman–Crippen LogP) is 5.16. The van der Waals surface area contributed by atoms with Crippen LogP contribution in [0.3, 0.4) is 0 Å². The lowest BCUT2D eigenvalue weighted by Crippen LogP contribution is -2.55. The second-order valence-electron chi connectivity index (χ2n) is 13.1. The van der Waals surface area contributed by atoms with Gasteiger partial charge >= 0.3 is 0 Å². The number of hydrogen-bond acceptors (Lipinski definition) is 9. The van der Waals surface area contributed by atoms with Gasteiger partial charge in [0.15, 0.2) is 6.29 Å². The predicted molar refractivity (Wildman–Crippen MR) is 157 cm³/mol. The van der Waals surface area contributed by atoms with Gasteiger partial charge in [-0.25, -0.2) is 19.3 Å². The Morgan fingerprint density at radius 3 is 2.79 bits per heavy atom. The third-order valence-electron chi connectivity index (χ3n) is 9.79. The van der Waals surface area contributed by atoms with Crippen LogP contribution < -0.4 is 10.2 Å². The molecule has 4 aliphatic rings. The van der Waals surface area contributed by atoms with Gasteiger partial charge in [0.25, 0.3) is 0 Å². The molecular weight excluding hydrogens is 537 g/mol. The van der Waals surface area contributed by atoms with E-state index in [1.54, 1.807) is 18.5 Å². The number of pyridine rings is 1. The van der Waals surface area contributed by atoms with Crippen LogP contribution in [0.15, 0.2) is 24.5 Å². The quantitative estimate of drug-likeness (QED) is 0.355. The number of anilines is 3. The maximum atomic E-state index is 15.5. The van der Waals surface area contributed by atoms with Crippen LogP contribution in [0.5, 0.6) is 0 Å². The summed E-state index contributed by atoms with van der Waals surface area (Å²) in [5.74, 6) is 4.47. The fraction of sp³-hybridized carbons (Fsp3) is 0.677. The molecule has 3 aromatic heterocycles. The van der Waals surface area contributed by atoms with Crippen LogP contribution in [0.25, 0.3) is 11.0 Å². The van der Waals surface area contributed by atoms with E-state index in [0.29, 0.717) is 49.0 Å². The van der Waals surface area contributed by atoms with Crippen molar-refractivity contribution < 1.29 is 19.0 Å². The third-order valence-corrected chi connectivity index (χ3v) is 9.79. The Balaban J connectivity index is 1.03. The summed E-state index contributed by atoms with van der Waals surface area (Å²) in [6.45, 7) is 8.24. The van der Waals surface area contributed by atoms with E-state index in [0.717, 1.165) is 55.1 Å². The molecule has 3 aromatic rings. The van der Waals surface area contributed by atoms with E-state index in [1.807, 2.05) is 11.0 Å². The Morgan fingerprint density at radius 1 is 1.19 bits per heavy atom. The zero-order valence-corrected chi connectivity index (χ0v) is 24.7. The molecule has 5 heterocycles. The highest BCUT2D eigenvalue weighted by molar-refractivity contribution is 5.79. The molecule has 7 unspecified atom stereocenters. The van der Waals surface area contributed by atoms with Gasteiger partial charge in [0.2, 0.25) is 5.95 Å².